The molecule has 7 nitrogen and oxygen atoms in total. The van der Waals surface area contributed by atoms with Crippen LogP contribution in [0.15, 0.2) is 6.07 Å². The number of anilines is 1. The molecule has 2 amide bonds. The smallest absolute Gasteiger partial charge is 0.244 e. The van der Waals surface area contributed by atoms with Crippen LogP contribution in [0, 0.1) is 0 Å². The molecule has 0 saturated heterocycles. The van der Waals surface area contributed by atoms with Gasteiger partial charge in [0.1, 0.15) is 0 Å². The summed E-state index contributed by atoms with van der Waals surface area (Å²) in [5, 5.41) is 11.7. The van der Waals surface area contributed by atoms with Crippen LogP contribution in [0.25, 0.3) is 0 Å². The van der Waals surface area contributed by atoms with E-state index in [1.165, 1.54) is 0 Å². The maximum absolute atomic E-state index is 11.4. The predicted octanol–water partition coefficient (Wildman–Crippen LogP) is -0.624. The van der Waals surface area contributed by atoms with Crippen LogP contribution in [0.5, 0.6) is 0 Å². The van der Waals surface area contributed by atoms with Crippen LogP contribution in [0.4, 0.5) is 5.82 Å². The van der Waals surface area contributed by atoms with Crippen LogP contribution in [0.2, 0.25) is 0 Å². The zero-order valence-corrected chi connectivity index (χ0v) is 9.75. The molecule has 94 valence electrons. The Kier molecular flexibility index (Phi) is 5.15. The van der Waals surface area contributed by atoms with E-state index in [1.807, 2.05) is 0 Å². The van der Waals surface area contributed by atoms with Gasteiger partial charge in [0.15, 0.2) is 5.82 Å². The molecule has 1 aromatic heterocycles. The molecular weight excluding hydrogens is 222 g/mol. The van der Waals surface area contributed by atoms with Crippen LogP contribution in [0.3, 0.4) is 0 Å². The lowest BCUT2D eigenvalue weighted by Gasteiger charge is -2.02. The van der Waals surface area contributed by atoms with Gasteiger partial charge in [-0.15, -0.1) is 0 Å². The monoisotopic (exact) mass is 239 g/mol. The number of aromatic amines is 1. The van der Waals surface area contributed by atoms with Gasteiger partial charge in [-0.25, -0.2) is 0 Å². The summed E-state index contributed by atoms with van der Waals surface area (Å²) in [6, 6.07) is 1.77. The molecule has 0 atom stereocenters. The summed E-state index contributed by atoms with van der Waals surface area (Å²) >= 11 is 0. The highest BCUT2D eigenvalue weighted by atomic mass is 16.2. The summed E-state index contributed by atoms with van der Waals surface area (Å²) in [4.78, 5) is 22.2. The molecule has 0 bridgehead atoms. The third kappa shape index (κ3) is 4.64. The molecule has 0 aliphatic carbocycles. The lowest BCUT2D eigenvalue weighted by molar-refractivity contribution is -0.123. The highest BCUT2D eigenvalue weighted by Gasteiger charge is 2.06. The summed E-state index contributed by atoms with van der Waals surface area (Å²) in [6.45, 7) is 1.82. The SMILES string of the molecule is CCCc1cc(NC(=O)CNC(=O)CN)n[nH]1. The maximum atomic E-state index is 11.4. The van der Waals surface area contributed by atoms with Crippen molar-refractivity contribution in [3.8, 4) is 0 Å². The number of nitrogens with zero attached hydrogens (tertiary/aromatic N) is 1. The first kappa shape index (κ1) is 13.2. The number of hydrogen-bond acceptors (Lipinski definition) is 4. The van der Waals surface area contributed by atoms with Crippen LogP contribution in [-0.4, -0.2) is 35.1 Å². The Morgan fingerprint density at radius 2 is 2.24 bits per heavy atom. The molecule has 5 N–H and O–H groups in total. The standard InChI is InChI=1S/C10H17N5O2/c1-2-3-7-4-8(15-14-7)13-10(17)6-12-9(16)5-11/h4H,2-3,5-6,11H2,1H3,(H,12,16)(H2,13,14,15,17). The van der Waals surface area contributed by atoms with E-state index in [1.54, 1.807) is 6.07 Å². The average molecular weight is 239 g/mol. The van der Waals surface area contributed by atoms with E-state index in [2.05, 4.69) is 27.8 Å². The number of amides is 2. The minimum absolute atomic E-state index is 0.105. The third-order valence-electron chi connectivity index (χ3n) is 2.05. The molecule has 0 spiro atoms. The van der Waals surface area contributed by atoms with Crippen molar-refractivity contribution >= 4 is 17.6 Å². The summed E-state index contributed by atoms with van der Waals surface area (Å²) in [5.74, 6) is -0.240. The number of nitrogens with one attached hydrogen (secondary N) is 3. The summed E-state index contributed by atoms with van der Waals surface area (Å²) in [6.07, 6.45) is 1.88. The minimum Gasteiger partial charge on any atom is -0.346 e. The minimum atomic E-state index is -0.367. The van der Waals surface area contributed by atoms with Gasteiger partial charge in [-0.1, -0.05) is 13.3 Å². The van der Waals surface area contributed by atoms with Gasteiger partial charge in [0.2, 0.25) is 11.8 Å². The van der Waals surface area contributed by atoms with Gasteiger partial charge >= 0.3 is 0 Å². The van der Waals surface area contributed by atoms with Crippen LogP contribution in [0.1, 0.15) is 19.0 Å². The fourth-order valence-electron chi connectivity index (χ4n) is 1.26. The number of aromatic nitrogens is 2. The van der Waals surface area contributed by atoms with Crippen molar-refractivity contribution in [2.75, 3.05) is 18.4 Å². The highest BCUT2D eigenvalue weighted by Crippen LogP contribution is 2.06. The number of hydrogen-bond donors (Lipinski definition) is 4. The normalized spacial score (nSPS) is 10.0. The summed E-state index contributed by atoms with van der Waals surface area (Å²) < 4.78 is 0. The number of nitrogens with two attached hydrogens (primary N) is 1. The van der Waals surface area contributed by atoms with Crippen LogP contribution < -0.4 is 16.4 Å². The van der Waals surface area contributed by atoms with Gasteiger partial charge in [0.25, 0.3) is 0 Å². The summed E-state index contributed by atoms with van der Waals surface area (Å²) in [5.41, 5.74) is 6.05. The molecule has 7 heteroatoms. The number of rotatable bonds is 6. The second kappa shape index (κ2) is 6.64. The van der Waals surface area contributed by atoms with E-state index >= 15 is 0 Å². The molecule has 17 heavy (non-hydrogen) atoms. The molecule has 1 rings (SSSR count). The highest BCUT2D eigenvalue weighted by molar-refractivity contribution is 5.94. The van der Waals surface area contributed by atoms with Gasteiger partial charge in [0.05, 0.1) is 13.1 Å². The number of H-pyrrole nitrogens is 1. The van der Waals surface area contributed by atoms with E-state index in [-0.39, 0.29) is 24.9 Å². The molecule has 0 aromatic carbocycles. The van der Waals surface area contributed by atoms with Crippen molar-refractivity contribution < 1.29 is 9.59 Å². The molecule has 0 saturated carbocycles. The van der Waals surface area contributed by atoms with Crippen molar-refractivity contribution in [2.45, 2.75) is 19.8 Å². The van der Waals surface area contributed by atoms with E-state index in [4.69, 9.17) is 5.73 Å². The quantitative estimate of drug-likeness (QED) is 0.529. The average Bonchev–Trinajstić information content (AvgIpc) is 2.74. The molecule has 0 radical (unpaired) electrons. The fourth-order valence-corrected chi connectivity index (χ4v) is 1.26. The Bertz CT molecular complexity index is 388. The maximum Gasteiger partial charge on any atom is 0.244 e. The molecule has 0 aliphatic heterocycles. The van der Waals surface area contributed by atoms with Crippen molar-refractivity contribution in [1.29, 1.82) is 0 Å². The molecule has 0 unspecified atom stereocenters. The van der Waals surface area contributed by atoms with Gasteiger partial charge in [-0.2, -0.15) is 5.10 Å². The first-order valence-corrected chi connectivity index (χ1v) is 5.46. The van der Waals surface area contributed by atoms with Gasteiger partial charge in [0, 0.05) is 11.8 Å². The lowest BCUT2D eigenvalue weighted by atomic mass is 10.2. The fraction of sp³-hybridized carbons (Fsp3) is 0.500. The zero-order valence-electron chi connectivity index (χ0n) is 9.75. The Balaban J connectivity index is 2.36. The van der Waals surface area contributed by atoms with E-state index in [9.17, 15) is 9.59 Å². The number of carbonyl (C=O) groups excluding carboxylic acids is 2. The van der Waals surface area contributed by atoms with Crippen molar-refractivity contribution in [1.82, 2.24) is 15.5 Å². The largest absolute Gasteiger partial charge is 0.346 e. The number of aryl methyl sites for hydroxylation is 1. The Morgan fingerprint density at radius 3 is 2.88 bits per heavy atom. The van der Waals surface area contributed by atoms with Gasteiger partial charge in [-0.3, -0.25) is 14.7 Å². The molecule has 0 fully saturated rings. The molecular formula is C10H17N5O2. The first-order valence-electron chi connectivity index (χ1n) is 5.46. The van der Waals surface area contributed by atoms with Gasteiger partial charge in [-0.05, 0) is 6.42 Å². The van der Waals surface area contributed by atoms with E-state index in [0.29, 0.717) is 5.82 Å². The zero-order chi connectivity index (χ0) is 12.7. The third-order valence-corrected chi connectivity index (χ3v) is 2.05. The van der Waals surface area contributed by atoms with Crippen LogP contribution >= 0.6 is 0 Å². The van der Waals surface area contributed by atoms with E-state index in [0.717, 1.165) is 18.5 Å². The van der Waals surface area contributed by atoms with Crippen molar-refractivity contribution in [2.24, 2.45) is 5.73 Å². The Labute approximate surface area is 99.1 Å². The summed E-state index contributed by atoms with van der Waals surface area (Å²) in [7, 11) is 0. The van der Waals surface area contributed by atoms with Crippen molar-refractivity contribution in [3.63, 3.8) is 0 Å². The predicted molar refractivity (Wildman–Crippen MR) is 63.3 cm³/mol. The van der Waals surface area contributed by atoms with E-state index < -0.39 is 0 Å². The van der Waals surface area contributed by atoms with Gasteiger partial charge < -0.3 is 16.4 Å². The van der Waals surface area contributed by atoms with Crippen LogP contribution in [-0.2, 0) is 16.0 Å². The Morgan fingerprint density at radius 1 is 1.47 bits per heavy atom. The topological polar surface area (TPSA) is 113 Å². The molecule has 1 heterocycles. The first-order chi connectivity index (χ1) is 8.15. The Hall–Kier alpha value is -1.89. The number of carbonyl (C=O) groups is 2. The lowest BCUT2D eigenvalue weighted by Crippen LogP contribution is -2.36. The molecule has 0 aliphatic rings. The second-order valence-corrected chi connectivity index (χ2v) is 3.56. The van der Waals surface area contributed by atoms with Crippen molar-refractivity contribution in [3.05, 3.63) is 11.8 Å². The molecule has 1 aromatic rings. The second-order valence-electron chi connectivity index (χ2n) is 3.56.